The van der Waals surface area contributed by atoms with Gasteiger partial charge < -0.3 is 35.8 Å². The second-order valence-corrected chi connectivity index (χ2v) is 12.9. The molecule has 0 bridgehead atoms. The van der Waals surface area contributed by atoms with E-state index in [0.717, 1.165) is 56.5 Å². The minimum Gasteiger partial charge on any atom is -0.394 e. The molecule has 4 amide bonds. The summed E-state index contributed by atoms with van der Waals surface area (Å²) in [5.74, 6) is -0.193. The highest BCUT2D eigenvalue weighted by atomic mass is 16.3. The number of aliphatic hydroxyl groups excluding tert-OH is 1. The van der Waals surface area contributed by atoms with Crippen molar-refractivity contribution in [2.24, 2.45) is 5.92 Å². The van der Waals surface area contributed by atoms with Gasteiger partial charge in [-0.3, -0.25) is 19.2 Å². The number of hydrogen-bond donors (Lipinski definition) is 5. The smallest absolute Gasteiger partial charge is 0.245 e. The molecule has 2 heterocycles. The number of nitrogens with one attached hydrogen (secondary N) is 4. The fraction of sp³-hybridized carbons (Fsp3) is 0.629. The molecule has 1 aliphatic heterocycles. The molecule has 0 unspecified atom stereocenters. The molecule has 5 N–H and O–H groups in total. The average Bonchev–Trinajstić information content (AvgIpc) is 3.50. The van der Waals surface area contributed by atoms with E-state index >= 15 is 0 Å². The van der Waals surface area contributed by atoms with Gasteiger partial charge in [0, 0.05) is 51.7 Å². The van der Waals surface area contributed by atoms with Crippen molar-refractivity contribution in [2.45, 2.75) is 96.2 Å². The normalized spacial score (nSPS) is 16.7. The van der Waals surface area contributed by atoms with E-state index in [1.807, 2.05) is 43.6 Å². The van der Waals surface area contributed by atoms with Gasteiger partial charge in [0.1, 0.15) is 17.9 Å². The van der Waals surface area contributed by atoms with Gasteiger partial charge in [0.25, 0.3) is 0 Å². The van der Waals surface area contributed by atoms with Gasteiger partial charge in [-0.2, -0.15) is 0 Å². The molecule has 2 aliphatic rings. The Bertz CT molecular complexity index is 1290. The summed E-state index contributed by atoms with van der Waals surface area (Å²) in [5, 5.41) is 21.3. The van der Waals surface area contributed by atoms with Crippen molar-refractivity contribution in [1.29, 1.82) is 0 Å². The maximum atomic E-state index is 13.2. The van der Waals surface area contributed by atoms with Gasteiger partial charge in [0.2, 0.25) is 23.6 Å². The Hall–Kier alpha value is -3.77. The van der Waals surface area contributed by atoms with Crippen LogP contribution in [-0.2, 0) is 38.6 Å². The molecule has 12 nitrogen and oxygen atoms in total. The largest absolute Gasteiger partial charge is 0.394 e. The summed E-state index contributed by atoms with van der Waals surface area (Å²) in [6, 6.07) is 5.45. The second kappa shape index (κ2) is 19.1. The molecule has 1 saturated carbocycles. The molecule has 2 aromatic rings. The number of hydrogen-bond acceptors (Lipinski definition) is 7. The Morgan fingerprint density at radius 3 is 2.36 bits per heavy atom. The first-order chi connectivity index (χ1) is 22.8. The van der Waals surface area contributed by atoms with Gasteiger partial charge in [-0.15, -0.1) is 0 Å². The molecule has 1 aromatic carbocycles. The molecule has 258 valence electrons. The van der Waals surface area contributed by atoms with Gasteiger partial charge in [0.15, 0.2) is 0 Å². The third-order valence-corrected chi connectivity index (χ3v) is 9.32. The van der Waals surface area contributed by atoms with Crippen LogP contribution < -0.4 is 21.3 Å². The van der Waals surface area contributed by atoms with Gasteiger partial charge >= 0.3 is 0 Å². The van der Waals surface area contributed by atoms with Gasteiger partial charge in [-0.05, 0) is 49.7 Å². The Morgan fingerprint density at radius 1 is 0.957 bits per heavy atom. The molecule has 1 aromatic heterocycles. The van der Waals surface area contributed by atoms with Crippen LogP contribution in [0.25, 0.3) is 0 Å². The highest BCUT2D eigenvalue weighted by Crippen LogP contribution is 2.25. The average molecular weight is 652 g/mol. The summed E-state index contributed by atoms with van der Waals surface area (Å²) in [5.41, 5.74) is 1.97. The molecule has 2 atom stereocenters. The molecule has 0 radical (unpaired) electrons. The van der Waals surface area contributed by atoms with Crippen molar-refractivity contribution in [3.63, 3.8) is 0 Å². The number of amides is 4. The Balaban J connectivity index is 1.25. The van der Waals surface area contributed by atoms with Crippen LogP contribution in [0.15, 0.2) is 36.7 Å². The van der Waals surface area contributed by atoms with Crippen LogP contribution in [0.4, 0.5) is 0 Å². The summed E-state index contributed by atoms with van der Waals surface area (Å²) >= 11 is 0. The number of imidazole rings is 1. The Labute approximate surface area is 278 Å². The molecule has 1 aliphatic carbocycles. The van der Waals surface area contributed by atoms with Crippen molar-refractivity contribution >= 4 is 23.6 Å². The first-order valence-electron chi connectivity index (χ1n) is 17.3. The molecular weight excluding hydrogens is 598 g/mol. The Morgan fingerprint density at radius 2 is 1.68 bits per heavy atom. The molecule has 0 spiro atoms. The Kier molecular flexibility index (Phi) is 14.7. The quantitative estimate of drug-likeness (QED) is 0.163. The van der Waals surface area contributed by atoms with E-state index in [-0.39, 0.29) is 18.7 Å². The predicted octanol–water partition coefficient (Wildman–Crippen LogP) is 1.63. The van der Waals surface area contributed by atoms with E-state index in [9.17, 15) is 24.3 Å². The molecular formula is C35H53N7O5. The number of nitrogens with zero attached hydrogens (tertiary/aromatic N) is 3. The van der Waals surface area contributed by atoms with Gasteiger partial charge in [-0.1, -0.05) is 56.4 Å². The minimum atomic E-state index is -1.26. The van der Waals surface area contributed by atoms with E-state index in [1.165, 1.54) is 24.8 Å². The second-order valence-electron chi connectivity index (χ2n) is 12.9. The summed E-state index contributed by atoms with van der Waals surface area (Å²) < 4.78 is 2.14. The van der Waals surface area contributed by atoms with Crippen LogP contribution >= 0.6 is 0 Å². The van der Waals surface area contributed by atoms with E-state index in [2.05, 4.69) is 30.8 Å². The topological polar surface area (TPSA) is 158 Å². The molecule has 1 saturated heterocycles. The maximum absolute atomic E-state index is 13.2. The maximum Gasteiger partial charge on any atom is 0.245 e. The number of carbonyl (C=O) groups excluding carboxylic acids is 4. The highest BCUT2D eigenvalue weighted by molar-refractivity contribution is 5.94. The van der Waals surface area contributed by atoms with Crippen LogP contribution in [0.5, 0.6) is 0 Å². The van der Waals surface area contributed by atoms with Crippen molar-refractivity contribution in [1.82, 2.24) is 35.7 Å². The van der Waals surface area contributed by atoms with Crippen molar-refractivity contribution < 1.29 is 24.3 Å². The van der Waals surface area contributed by atoms with Crippen LogP contribution in [0.2, 0.25) is 0 Å². The SMILES string of the molecule is Cc1nccn1CCCCc1ccc(CC(=O)N[C@@H](CO)C(=O)N[C@@H](CC(=O)N2CCNCC2)C(=O)NCCC2CCCCC2)cc1. The van der Waals surface area contributed by atoms with Gasteiger partial charge in [-0.25, -0.2) is 4.98 Å². The molecule has 4 rings (SSSR count). The lowest BCUT2D eigenvalue weighted by molar-refractivity contribution is -0.137. The number of carbonyl (C=O) groups is 4. The molecule has 47 heavy (non-hydrogen) atoms. The first-order valence-corrected chi connectivity index (χ1v) is 17.3. The zero-order chi connectivity index (χ0) is 33.4. The minimum absolute atomic E-state index is 0.0382. The highest BCUT2D eigenvalue weighted by Gasteiger charge is 2.30. The lowest BCUT2D eigenvalue weighted by Crippen LogP contribution is -2.57. The fourth-order valence-corrected chi connectivity index (χ4v) is 6.40. The van der Waals surface area contributed by atoms with Crippen LogP contribution in [0, 0.1) is 12.8 Å². The zero-order valence-electron chi connectivity index (χ0n) is 27.8. The van der Waals surface area contributed by atoms with E-state index in [4.69, 9.17) is 0 Å². The lowest BCUT2D eigenvalue weighted by Gasteiger charge is -2.29. The number of benzene rings is 1. The number of piperazine rings is 1. The standard InChI is InChI=1S/C35H53N7O5/c1-26-37-18-22-41(26)19-6-5-9-28-10-12-29(13-11-28)23-32(44)39-31(25-43)35(47)40-30(24-33(45)42-20-16-36-17-21-42)34(46)38-15-14-27-7-3-2-4-8-27/h10-13,18,22,27,30-31,36,43H,2-9,14-17,19-21,23-25H2,1H3,(H,38,46)(H,39,44)(H,40,47)/t30-,31-/m0/s1. The number of aromatic nitrogens is 2. The summed E-state index contributed by atoms with van der Waals surface area (Å²) in [6.07, 6.45) is 13.5. The lowest BCUT2D eigenvalue weighted by atomic mass is 9.87. The number of aryl methyl sites for hydroxylation is 3. The van der Waals surface area contributed by atoms with Crippen molar-refractivity contribution in [2.75, 3.05) is 39.3 Å². The van der Waals surface area contributed by atoms with E-state index in [0.29, 0.717) is 38.6 Å². The first kappa shape index (κ1) is 36.1. The summed E-state index contributed by atoms with van der Waals surface area (Å²) in [4.78, 5) is 58.3. The fourth-order valence-electron chi connectivity index (χ4n) is 6.40. The molecule has 2 fully saturated rings. The zero-order valence-corrected chi connectivity index (χ0v) is 27.8. The number of unbranched alkanes of at least 4 members (excludes halogenated alkanes) is 1. The third-order valence-electron chi connectivity index (χ3n) is 9.32. The van der Waals surface area contributed by atoms with Crippen molar-refractivity contribution in [3.8, 4) is 0 Å². The van der Waals surface area contributed by atoms with Crippen molar-refractivity contribution in [3.05, 3.63) is 53.6 Å². The number of aliphatic hydroxyl groups is 1. The predicted molar refractivity (Wildman–Crippen MR) is 179 cm³/mol. The van der Waals surface area contributed by atoms with Crippen LogP contribution in [0.1, 0.15) is 74.7 Å². The summed E-state index contributed by atoms with van der Waals surface area (Å²) in [6.45, 7) is 5.17. The summed E-state index contributed by atoms with van der Waals surface area (Å²) in [7, 11) is 0. The van der Waals surface area contributed by atoms with E-state index < -0.39 is 36.4 Å². The third kappa shape index (κ3) is 12.1. The van der Waals surface area contributed by atoms with Gasteiger partial charge in [0.05, 0.1) is 19.4 Å². The number of rotatable bonds is 17. The monoisotopic (exact) mass is 651 g/mol. The molecule has 12 heteroatoms. The van der Waals surface area contributed by atoms with E-state index in [1.54, 1.807) is 4.90 Å². The van der Waals surface area contributed by atoms with Crippen LogP contribution in [0.3, 0.4) is 0 Å². The van der Waals surface area contributed by atoms with Crippen LogP contribution in [-0.4, -0.2) is 94.6 Å².